The Morgan fingerprint density at radius 2 is 1.92 bits per heavy atom. The van der Waals surface area contributed by atoms with E-state index in [9.17, 15) is 9.59 Å². The number of ether oxygens (including phenoxy) is 2. The van der Waals surface area contributed by atoms with Gasteiger partial charge in [0.05, 0.1) is 19.3 Å². The number of aldehydes is 1. The largest absolute Gasteiger partial charge is 0.493 e. The van der Waals surface area contributed by atoms with E-state index >= 15 is 0 Å². The smallest absolute Gasteiger partial charge is 0.271 e. The highest BCUT2D eigenvalue weighted by molar-refractivity contribution is 6.03. The number of fused-ring (bicyclic) bond motifs is 1. The van der Waals surface area contributed by atoms with Gasteiger partial charge in [0.15, 0.2) is 17.1 Å². The van der Waals surface area contributed by atoms with Gasteiger partial charge >= 0.3 is 0 Å². The van der Waals surface area contributed by atoms with Gasteiger partial charge in [-0.2, -0.15) is 0 Å². The van der Waals surface area contributed by atoms with Crippen LogP contribution in [0.25, 0.3) is 0 Å². The van der Waals surface area contributed by atoms with Gasteiger partial charge in [-0.1, -0.05) is 30.3 Å². The number of carbonyl (C=O) groups excluding carboxylic acids is 2. The predicted octanol–water partition coefficient (Wildman–Crippen LogP) is 3.21. The number of methoxy groups -OCH3 is 1. The van der Waals surface area contributed by atoms with Crippen molar-refractivity contribution in [3.8, 4) is 11.5 Å². The van der Waals surface area contributed by atoms with Gasteiger partial charge in [0, 0.05) is 5.56 Å². The quantitative estimate of drug-likeness (QED) is 0.810. The number of hydrogen-bond acceptors (Lipinski definition) is 4. The monoisotopic (exact) mass is 325 g/mol. The molecule has 0 fully saturated rings. The van der Waals surface area contributed by atoms with Gasteiger partial charge in [-0.15, -0.1) is 0 Å². The summed E-state index contributed by atoms with van der Waals surface area (Å²) in [5, 5.41) is 0. The molecule has 1 aliphatic rings. The lowest BCUT2D eigenvalue weighted by Gasteiger charge is -2.39. The molecule has 24 heavy (non-hydrogen) atoms. The fourth-order valence-electron chi connectivity index (χ4n) is 2.79. The van der Waals surface area contributed by atoms with E-state index in [0.29, 0.717) is 29.3 Å². The molecule has 0 unspecified atom stereocenters. The number of carbonyl (C=O) groups is 2. The van der Waals surface area contributed by atoms with Crippen LogP contribution in [0, 0.1) is 0 Å². The lowest BCUT2D eigenvalue weighted by molar-refractivity contribution is -0.132. The molecule has 1 aliphatic heterocycles. The van der Waals surface area contributed by atoms with E-state index in [2.05, 4.69) is 0 Å². The van der Waals surface area contributed by atoms with Crippen molar-refractivity contribution in [2.24, 2.45) is 0 Å². The van der Waals surface area contributed by atoms with E-state index in [-0.39, 0.29) is 5.91 Å². The van der Waals surface area contributed by atoms with Crippen molar-refractivity contribution in [2.75, 3.05) is 12.0 Å². The summed E-state index contributed by atoms with van der Waals surface area (Å²) in [4.78, 5) is 25.8. The summed E-state index contributed by atoms with van der Waals surface area (Å²) in [7, 11) is 1.51. The minimum atomic E-state index is -1.02. The summed E-state index contributed by atoms with van der Waals surface area (Å²) in [5.41, 5.74) is 0.951. The van der Waals surface area contributed by atoms with Crippen molar-refractivity contribution >= 4 is 17.9 Å². The topological polar surface area (TPSA) is 55.8 Å². The fraction of sp³-hybridized carbons (Fsp3) is 0.263. The second-order valence-electron chi connectivity index (χ2n) is 6.18. The van der Waals surface area contributed by atoms with E-state index in [0.717, 1.165) is 11.8 Å². The first-order valence-electron chi connectivity index (χ1n) is 7.68. The zero-order chi connectivity index (χ0) is 17.3. The molecular weight excluding hydrogens is 306 g/mol. The van der Waals surface area contributed by atoms with Crippen molar-refractivity contribution in [1.29, 1.82) is 0 Å². The van der Waals surface area contributed by atoms with Crippen LogP contribution in [-0.4, -0.2) is 24.9 Å². The molecule has 5 heteroatoms. The van der Waals surface area contributed by atoms with Crippen LogP contribution in [0.15, 0.2) is 42.5 Å². The SMILES string of the molecule is COc1cc(C=O)cc2c1OC(C)(C)C(=O)N2Cc1ccccc1. The van der Waals surface area contributed by atoms with Crippen molar-refractivity contribution in [2.45, 2.75) is 26.0 Å². The summed E-state index contributed by atoms with van der Waals surface area (Å²) < 4.78 is 11.2. The molecule has 3 rings (SSSR count). The average Bonchev–Trinajstić information content (AvgIpc) is 2.59. The second-order valence-corrected chi connectivity index (χ2v) is 6.18. The van der Waals surface area contributed by atoms with Gasteiger partial charge in [-0.05, 0) is 31.5 Å². The van der Waals surface area contributed by atoms with Gasteiger partial charge in [-0.3, -0.25) is 9.59 Å². The maximum absolute atomic E-state index is 12.9. The minimum Gasteiger partial charge on any atom is -0.493 e. The van der Waals surface area contributed by atoms with Crippen LogP contribution < -0.4 is 14.4 Å². The highest BCUT2D eigenvalue weighted by atomic mass is 16.5. The Labute approximate surface area is 140 Å². The van der Waals surface area contributed by atoms with Crippen molar-refractivity contribution in [1.82, 2.24) is 0 Å². The number of amides is 1. The summed E-state index contributed by atoms with van der Waals surface area (Å²) in [6.45, 7) is 3.84. The molecule has 0 bridgehead atoms. The fourth-order valence-corrected chi connectivity index (χ4v) is 2.79. The third-order valence-electron chi connectivity index (χ3n) is 4.01. The second kappa shape index (κ2) is 6.00. The maximum atomic E-state index is 12.9. The first kappa shape index (κ1) is 16.1. The number of rotatable bonds is 4. The number of hydrogen-bond donors (Lipinski definition) is 0. The molecule has 0 radical (unpaired) electrons. The number of anilines is 1. The molecular formula is C19H19NO4. The average molecular weight is 325 g/mol. The van der Waals surface area contributed by atoms with Crippen molar-refractivity contribution < 1.29 is 19.1 Å². The van der Waals surface area contributed by atoms with Gasteiger partial charge in [0.25, 0.3) is 5.91 Å². The summed E-state index contributed by atoms with van der Waals surface area (Å²) in [6, 6.07) is 12.9. The van der Waals surface area contributed by atoms with E-state index in [1.807, 2.05) is 30.3 Å². The van der Waals surface area contributed by atoms with Crippen LogP contribution in [-0.2, 0) is 11.3 Å². The zero-order valence-electron chi connectivity index (χ0n) is 13.9. The predicted molar refractivity (Wildman–Crippen MR) is 90.7 cm³/mol. The molecule has 0 N–H and O–H groups in total. The number of benzene rings is 2. The van der Waals surface area contributed by atoms with Gasteiger partial charge in [-0.25, -0.2) is 0 Å². The first-order chi connectivity index (χ1) is 11.5. The summed E-state index contributed by atoms with van der Waals surface area (Å²) in [5.74, 6) is 0.751. The molecule has 5 nitrogen and oxygen atoms in total. The first-order valence-corrected chi connectivity index (χ1v) is 7.68. The standard InChI is InChI=1S/C19H19NO4/c1-19(2)18(22)20(11-13-7-5-4-6-8-13)15-9-14(12-21)10-16(23-3)17(15)24-19/h4-10,12H,11H2,1-3H3. The molecule has 0 saturated heterocycles. The van der Waals surface area contributed by atoms with Gasteiger partial charge in [0.2, 0.25) is 0 Å². The Morgan fingerprint density at radius 1 is 1.21 bits per heavy atom. The van der Waals surface area contributed by atoms with Crippen LogP contribution in [0.5, 0.6) is 11.5 Å². The number of nitrogens with zero attached hydrogens (tertiary/aromatic N) is 1. The highest BCUT2D eigenvalue weighted by Crippen LogP contribution is 2.45. The molecule has 1 amide bonds. The van der Waals surface area contributed by atoms with Crippen molar-refractivity contribution in [3.05, 3.63) is 53.6 Å². The Morgan fingerprint density at radius 3 is 2.54 bits per heavy atom. The van der Waals surface area contributed by atoms with E-state index in [1.165, 1.54) is 7.11 Å². The molecule has 0 saturated carbocycles. The third kappa shape index (κ3) is 2.73. The molecule has 124 valence electrons. The normalized spacial score (nSPS) is 15.5. The Balaban J connectivity index is 2.14. The summed E-state index contributed by atoms with van der Waals surface area (Å²) in [6.07, 6.45) is 0.730. The molecule has 0 aliphatic carbocycles. The molecule has 1 heterocycles. The molecule has 2 aromatic carbocycles. The Bertz CT molecular complexity index is 783. The van der Waals surface area contributed by atoms with Crippen molar-refractivity contribution in [3.63, 3.8) is 0 Å². The molecule has 0 spiro atoms. The van der Waals surface area contributed by atoms with Crippen LogP contribution >= 0.6 is 0 Å². The van der Waals surface area contributed by atoms with E-state index in [4.69, 9.17) is 9.47 Å². The van der Waals surface area contributed by atoms with Crippen LogP contribution in [0.4, 0.5) is 5.69 Å². The van der Waals surface area contributed by atoms with Crippen LogP contribution in [0.2, 0.25) is 0 Å². The maximum Gasteiger partial charge on any atom is 0.271 e. The highest BCUT2D eigenvalue weighted by Gasteiger charge is 2.42. The Kier molecular flexibility index (Phi) is 4.01. The van der Waals surface area contributed by atoms with Gasteiger partial charge in [0.1, 0.15) is 6.29 Å². The van der Waals surface area contributed by atoms with E-state index < -0.39 is 5.60 Å². The zero-order valence-corrected chi connectivity index (χ0v) is 13.9. The van der Waals surface area contributed by atoms with Gasteiger partial charge < -0.3 is 14.4 Å². The summed E-state index contributed by atoms with van der Waals surface area (Å²) >= 11 is 0. The third-order valence-corrected chi connectivity index (χ3v) is 4.01. The molecule has 0 aromatic heterocycles. The van der Waals surface area contributed by atoms with E-state index in [1.54, 1.807) is 30.9 Å². The van der Waals surface area contributed by atoms with Crippen LogP contribution in [0.3, 0.4) is 0 Å². The lowest BCUT2D eigenvalue weighted by Crippen LogP contribution is -2.52. The minimum absolute atomic E-state index is 0.163. The molecule has 0 atom stereocenters. The van der Waals surface area contributed by atoms with Crippen LogP contribution in [0.1, 0.15) is 29.8 Å². The lowest BCUT2D eigenvalue weighted by atomic mass is 10.0. The molecule has 2 aromatic rings. The Hall–Kier alpha value is -2.82.